The lowest BCUT2D eigenvalue weighted by Crippen LogP contribution is -2.52. The van der Waals surface area contributed by atoms with Crippen molar-refractivity contribution in [2.45, 2.75) is 32.0 Å². The Morgan fingerprint density at radius 1 is 1.09 bits per heavy atom. The molecule has 0 saturated carbocycles. The molecule has 2 aliphatic heterocycles. The van der Waals surface area contributed by atoms with Crippen molar-refractivity contribution in [3.63, 3.8) is 0 Å². The number of nitrogens with one attached hydrogen (secondary N) is 2. The van der Waals surface area contributed by atoms with Gasteiger partial charge in [0.2, 0.25) is 11.8 Å². The molecule has 33 heavy (non-hydrogen) atoms. The van der Waals surface area contributed by atoms with Crippen LogP contribution < -0.4 is 10.6 Å². The maximum atomic E-state index is 13.0. The lowest BCUT2D eigenvalue weighted by atomic mass is 10.0. The predicted molar refractivity (Wildman–Crippen MR) is 115 cm³/mol. The highest BCUT2D eigenvalue weighted by Crippen LogP contribution is 2.31. The molecule has 166 valence electrons. The van der Waals surface area contributed by atoms with Gasteiger partial charge in [-0.25, -0.2) is 4.68 Å². The number of piperidine rings is 1. The summed E-state index contributed by atoms with van der Waals surface area (Å²) in [5, 5.41) is 13.4. The van der Waals surface area contributed by atoms with Gasteiger partial charge in [-0.15, -0.1) is 5.10 Å². The fourth-order valence-corrected chi connectivity index (χ4v) is 4.14. The SMILES string of the molecule is O=C1CCC(N2Cc3c(cccc3-n3cc(CNC(=O)c4ccccc4)nn3)C2=O)C(=O)N1. The van der Waals surface area contributed by atoms with Crippen molar-refractivity contribution in [3.05, 3.63) is 77.1 Å². The highest BCUT2D eigenvalue weighted by atomic mass is 16.2. The lowest BCUT2D eigenvalue weighted by molar-refractivity contribution is -0.136. The van der Waals surface area contributed by atoms with Crippen molar-refractivity contribution in [3.8, 4) is 5.69 Å². The summed E-state index contributed by atoms with van der Waals surface area (Å²) in [6.45, 7) is 0.431. The number of hydrogen-bond donors (Lipinski definition) is 2. The predicted octanol–water partition coefficient (Wildman–Crippen LogP) is 0.958. The summed E-state index contributed by atoms with van der Waals surface area (Å²) < 4.78 is 1.56. The van der Waals surface area contributed by atoms with Crippen LogP contribution in [0.1, 0.15) is 44.8 Å². The van der Waals surface area contributed by atoms with Gasteiger partial charge in [0.1, 0.15) is 11.7 Å². The number of carbonyl (C=O) groups excluding carboxylic acids is 4. The van der Waals surface area contributed by atoms with Crippen LogP contribution in [0.3, 0.4) is 0 Å². The highest BCUT2D eigenvalue weighted by Gasteiger charge is 2.40. The van der Waals surface area contributed by atoms with Crippen molar-refractivity contribution in [2.75, 3.05) is 0 Å². The van der Waals surface area contributed by atoms with Gasteiger partial charge in [-0.1, -0.05) is 29.5 Å². The lowest BCUT2D eigenvalue weighted by Gasteiger charge is -2.29. The second-order valence-corrected chi connectivity index (χ2v) is 7.91. The molecular formula is C23H20N6O4. The summed E-state index contributed by atoms with van der Waals surface area (Å²) >= 11 is 0. The zero-order chi connectivity index (χ0) is 22.9. The van der Waals surface area contributed by atoms with E-state index in [1.165, 1.54) is 4.90 Å². The molecule has 2 N–H and O–H groups in total. The number of rotatable bonds is 5. The number of benzene rings is 2. The van der Waals surface area contributed by atoms with Crippen molar-refractivity contribution in [1.29, 1.82) is 0 Å². The average Bonchev–Trinajstić information content (AvgIpc) is 3.43. The van der Waals surface area contributed by atoms with E-state index in [0.29, 0.717) is 28.9 Å². The zero-order valence-electron chi connectivity index (χ0n) is 17.5. The average molecular weight is 444 g/mol. The third-order valence-corrected chi connectivity index (χ3v) is 5.81. The molecule has 0 aliphatic carbocycles. The molecule has 4 amide bonds. The molecule has 0 bridgehead atoms. The molecular weight excluding hydrogens is 424 g/mol. The molecule has 2 aliphatic rings. The molecule has 1 fully saturated rings. The number of carbonyl (C=O) groups is 4. The van der Waals surface area contributed by atoms with E-state index >= 15 is 0 Å². The number of amides is 4. The first-order chi connectivity index (χ1) is 16.0. The summed E-state index contributed by atoms with van der Waals surface area (Å²) in [4.78, 5) is 50.5. The Kier molecular flexibility index (Phi) is 5.17. The molecule has 0 radical (unpaired) electrons. The van der Waals surface area contributed by atoms with Crippen LogP contribution in [0.4, 0.5) is 0 Å². The van der Waals surface area contributed by atoms with E-state index < -0.39 is 11.9 Å². The Hall–Kier alpha value is -4.34. The van der Waals surface area contributed by atoms with Gasteiger partial charge in [-0.2, -0.15) is 0 Å². The van der Waals surface area contributed by atoms with Gasteiger partial charge in [0.15, 0.2) is 0 Å². The van der Waals surface area contributed by atoms with Crippen LogP contribution in [-0.2, 0) is 22.7 Å². The van der Waals surface area contributed by atoms with Gasteiger partial charge in [0.05, 0.1) is 18.4 Å². The molecule has 10 heteroatoms. The fourth-order valence-electron chi connectivity index (χ4n) is 4.14. The van der Waals surface area contributed by atoms with Crippen LogP contribution in [0.5, 0.6) is 0 Å². The minimum atomic E-state index is -0.685. The molecule has 3 aromatic rings. The summed E-state index contributed by atoms with van der Waals surface area (Å²) in [5.41, 5.74) is 3.01. The van der Waals surface area contributed by atoms with Crippen LogP contribution in [0.2, 0.25) is 0 Å². The summed E-state index contributed by atoms with van der Waals surface area (Å²) in [6, 6.07) is 13.5. The molecule has 0 spiro atoms. The van der Waals surface area contributed by atoms with Crippen molar-refractivity contribution >= 4 is 23.6 Å². The number of hydrogen-bond acceptors (Lipinski definition) is 6. The summed E-state index contributed by atoms with van der Waals surface area (Å²) in [6.07, 6.45) is 2.19. The maximum absolute atomic E-state index is 13.0. The number of imide groups is 1. The van der Waals surface area contributed by atoms with E-state index in [-0.39, 0.29) is 37.2 Å². The minimum Gasteiger partial charge on any atom is -0.346 e. The standard InChI is InChI=1S/C23H20N6O4/c30-20-10-9-19(22(32)25-20)28-13-17-16(23(28)33)7-4-8-18(17)29-12-15(26-27-29)11-24-21(31)14-5-2-1-3-6-14/h1-8,12,19H,9-11,13H2,(H,24,31)(H,25,30,32). The Morgan fingerprint density at radius 3 is 2.70 bits per heavy atom. The van der Waals surface area contributed by atoms with Crippen LogP contribution in [0.25, 0.3) is 5.69 Å². The first-order valence-electron chi connectivity index (χ1n) is 10.5. The maximum Gasteiger partial charge on any atom is 0.255 e. The van der Waals surface area contributed by atoms with E-state index in [0.717, 1.165) is 5.56 Å². The Balaban J connectivity index is 1.33. The molecule has 3 heterocycles. The van der Waals surface area contributed by atoms with E-state index in [2.05, 4.69) is 20.9 Å². The van der Waals surface area contributed by atoms with Crippen LogP contribution in [0, 0.1) is 0 Å². The molecule has 1 aromatic heterocycles. The van der Waals surface area contributed by atoms with Crippen LogP contribution in [-0.4, -0.2) is 49.6 Å². The number of aromatic nitrogens is 3. The smallest absolute Gasteiger partial charge is 0.255 e. The van der Waals surface area contributed by atoms with Gasteiger partial charge in [0, 0.05) is 29.7 Å². The normalized spacial score (nSPS) is 17.6. The second kappa shape index (κ2) is 8.30. The minimum absolute atomic E-state index is 0.198. The van der Waals surface area contributed by atoms with Crippen LogP contribution >= 0.6 is 0 Å². The van der Waals surface area contributed by atoms with E-state index in [1.54, 1.807) is 47.3 Å². The van der Waals surface area contributed by atoms with Gasteiger partial charge < -0.3 is 10.2 Å². The first-order valence-corrected chi connectivity index (χ1v) is 10.5. The van der Waals surface area contributed by atoms with Gasteiger partial charge in [0.25, 0.3) is 11.8 Å². The van der Waals surface area contributed by atoms with Crippen molar-refractivity contribution in [2.24, 2.45) is 0 Å². The van der Waals surface area contributed by atoms with Gasteiger partial charge >= 0.3 is 0 Å². The topological polar surface area (TPSA) is 126 Å². The van der Waals surface area contributed by atoms with Crippen molar-refractivity contribution in [1.82, 2.24) is 30.5 Å². The van der Waals surface area contributed by atoms with E-state index in [9.17, 15) is 19.2 Å². The summed E-state index contributed by atoms with van der Waals surface area (Å²) in [7, 11) is 0. The quantitative estimate of drug-likeness (QED) is 0.565. The second-order valence-electron chi connectivity index (χ2n) is 7.91. The molecule has 1 saturated heterocycles. The van der Waals surface area contributed by atoms with E-state index in [1.807, 2.05) is 12.1 Å². The Bertz CT molecular complexity index is 1270. The fraction of sp³-hybridized carbons (Fsp3) is 0.217. The van der Waals surface area contributed by atoms with Crippen LogP contribution in [0.15, 0.2) is 54.7 Å². The van der Waals surface area contributed by atoms with Crippen molar-refractivity contribution < 1.29 is 19.2 Å². The monoisotopic (exact) mass is 444 g/mol. The molecule has 10 nitrogen and oxygen atoms in total. The third-order valence-electron chi connectivity index (χ3n) is 5.81. The van der Waals surface area contributed by atoms with Gasteiger partial charge in [-0.05, 0) is 30.7 Å². The molecule has 1 atom stereocenters. The number of nitrogens with zero attached hydrogens (tertiary/aromatic N) is 4. The zero-order valence-corrected chi connectivity index (χ0v) is 17.5. The molecule has 5 rings (SSSR count). The Labute approximate surface area is 188 Å². The van der Waals surface area contributed by atoms with Gasteiger partial charge in [-0.3, -0.25) is 24.5 Å². The summed E-state index contributed by atoms with van der Waals surface area (Å²) in [5.74, 6) is -1.24. The van der Waals surface area contributed by atoms with E-state index in [4.69, 9.17) is 0 Å². The molecule has 1 unspecified atom stereocenters. The molecule has 2 aromatic carbocycles. The Morgan fingerprint density at radius 2 is 1.91 bits per heavy atom. The largest absolute Gasteiger partial charge is 0.346 e. The first kappa shape index (κ1) is 20.6. The highest BCUT2D eigenvalue weighted by molar-refractivity contribution is 6.05. The number of fused-ring (bicyclic) bond motifs is 1. The third kappa shape index (κ3) is 3.86.